The van der Waals surface area contributed by atoms with Gasteiger partial charge in [0.25, 0.3) is 0 Å². The Balaban J connectivity index is 1.82. The van der Waals surface area contributed by atoms with Crippen LogP contribution >= 0.6 is 0 Å². The molecule has 1 N–H and O–H groups in total. The standard InChI is InChI=1S/C16H14F3NO/c17-16(18,19)13-6-1-2-7-14(13)21-10-12-5-3-4-11-8-9-20-15(11)12/h1-7,20H,8-10H2. The van der Waals surface area contributed by atoms with Crippen LogP contribution in [0.5, 0.6) is 5.75 Å². The van der Waals surface area contributed by atoms with E-state index in [1.165, 1.54) is 23.8 Å². The van der Waals surface area contributed by atoms with E-state index < -0.39 is 11.7 Å². The van der Waals surface area contributed by atoms with Crippen molar-refractivity contribution in [3.63, 3.8) is 0 Å². The maximum Gasteiger partial charge on any atom is 0.419 e. The molecule has 1 aliphatic rings. The van der Waals surface area contributed by atoms with E-state index in [4.69, 9.17) is 4.74 Å². The second-order valence-electron chi connectivity index (χ2n) is 4.91. The Kier molecular flexibility index (Phi) is 3.49. The van der Waals surface area contributed by atoms with E-state index in [1.54, 1.807) is 0 Å². The zero-order chi connectivity index (χ0) is 14.9. The van der Waals surface area contributed by atoms with Crippen LogP contribution in [0, 0.1) is 0 Å². The van der Waals surface area contributed by atoms with Crippen LogP contribution in [0.3, 0.4) is 0 Å². The summed E-state index contributed by atoms with van der Waals surface area (Å²) in [5.41, 5.74) is 2.30. The fraction of sp³-hybridized carbons (Fsp3) is 0.250. The summed E-state index contributed by atoms with van der Waals surface area (Å²) in [7, 11) is 0. The molecular formula is C16H14F3NO. The smallest absolute Gasteiger partial charge is 0.419 e. The summed E-state index contributed by atoms with van der Waals surface area (Å²) in [5.74, 6) is -0.138. The van der Waals surface area contributed by atoms with Gasteiger partial charge in [0, 0.05) is 17.8 Å². The SMILES string of the molecule is FC(F)(F)c1ccccc1OCc1cccc2c1NCC2. The van der Waals surface area contributed by atoms with E-state index in [1.807, 2.05) is 18.2 Å². The highest BCUT2D eigenvalue weighted by Crippen LogP contribution is 2.36. The van der Waals surface area contributed by atoms with Crippen molar-refractivity contribution in [1.82, 2.24) is 0 Å². The molecule has 0 radical (unpaired) electrons. The van der Waals surface area contributed by atoms with E-state index in [0.717, 1.165) is 30.3 Å². The van der Waals surface area contributed by atoms with Gasteiger partial charge in [-0.05, 0) is 24.1 Å². The van der Waals surface area contributed by atoms with E-state index in [-0.39, 0.29) is 12.4 Å². The highest BCUT2D eigenvalue weighted by Gasteiger charge is 2.34. The predicted octanol–water partition coefficient (Wildman–Crippen LogP) is 4.25. The van der Waals surface area contributed by atoms with Gasteiger partial charge in [-0.1, -0.05) is 30.3 Å². The molecule has 2 nitrogen and oxygen atoms in total. The molecule has 21 heavy (non-hydrogen) atoms. The molecule has 0 bridgehead atoms. The topological polar surface area (TPSA) is 21.3 Å². The Morgan fingerprint density at radius 3 is 2.67 bits per heavy atom. The van der Waals surface area contributed by atoms with Gasteiger partial charge in [0.05, 0.1) is 5.56 Å². The van der Waals surface area contributed by atoms with Gasteiger partial charge in [0.1, 0.15) is 12.4 Å². The second-order valence-corrected chi connectivity index (χ2v) is 4.91. The van der Waals surface area contributed by atoms with Crippen LogP contribution in [0.15, 0.2) is 42.5 Å². The fourth-order valence-corrected chi connectivity index (χ4v) is 2.51. The molecule has 1 heterocycles. The maximum absolute atomic E-state index is 12.9. The molecule has 110 valence electrons. The highest BCUT2D eigenvalue weighted by atomic mass is 19.4. The number of hydrogen-bond donors (Lipinski definition) is 1. The lowest BCUT2D eigenvalue weighted by molar-refractivity contribution is -0.139. The average Bonchev–Trinajstić information content (AvgIpc) is 2.93. The van der Waals surface area contributed by atoms with Crippen molar-refractivity contribution in [2.24, 2.45) is 0 Å². The number of hydrogen-bond acceptors (Lipinski definition) is 2. The maximum atomic E-state index is 12.9. The third kappa shape index (κ3) is 2.82. The Morgan fingerprint density at radius 2 is 1.86 bits per heavy atom. The molecule has 0 unspecified atom stereocenters. The molecule has 3 rings (SSSR count). The number of ether oxygens (including phenoxy) is 1. The van der Waals surface area contributed by atoms with Gasteiger partial charge in [-0.3, -0.25) is 0 Å². The lowest BCUT2D eigenvalue weighted by Crippen LogP contribution is -2.09. The van der Waals surface area contributed by atoms with Crippen LogP contribution in [0.1, 0.15) is 16.7 Å². The van der Waals surface area contributed by atoms with E-state index in [9.17, 15) is 13.2 Å². The largest absolute Gasteiger partial charge is 0.488 e. The van der Waals surface area contributed by atoms with Crippen LogP contribution < -0.4 is 10.1 Å². The molecule has 1 aliphatic heterocycles. The first kappa shape index (κ1) is 13.8. The summed E-state index contributed by atoms with van der Waals surface area (Å²) >= 11 is 0. The van der Waals surface area contributed by atoms with Crippen molar-refractivity contribution in [3.05, 3.63) is 59.2 Å². The fourth-order valence-electron chi connectivity index (χ4n) is 2.51. The molecule has 0 amide bonds. The zero-order valence-electron chi connectivity index (χ0n) is 11.2. The number of rotatable bonds is 3. The van der Waals surface area contributed by atoms with Crippen LogP contribution in [0.4, 0.5) is 18.9 Å². The number of fused-ring (bicyclic) bond motifs is 1. The molecule has 5 heteroatoms. The van der Waals surface area contributed by atoms with E-state index in [2.05, 4.69) is 5.32 Å². The third-order valence-corrected chi connectivity index (χ3v) is 3.51. The third-order valence-electron chi connectivity index (χ3n) is 3.51. The van der Waals surface area contributed by atoms with Gasteiger partial charge in [0.2, 0.25) is 0 Å². The highest BCUT2D eigenvalue weighted by molar-refractivity contribution is 5.61. The van der Waals surface area contributed by atoms with Crippen molar-refractivity contribution in [2.75, 3.05) is 11.9 Å². The second kappa shape index (κ2) is 5.31. The molecule has 0 aromatic heterocycles. The van der Waals surface area contributed by atoms with Crippen molar-refractivity contribution in [3.8, 4) is 5.75 Å². The number of anilines is 1. The van der Waals surface area contributed by atoms with Crippen LogP contribution in [0.25, 0.3) is 0 Å². The van der Waals surface area contributed by atoms with Gasteiger partial charge in [-0.2, -0.15) is 13.2 Å². The minimum absolute atomic E-state index is 0.114. The summed E-state index contributed by atoms with van der Waals surface area (Å²) in [6, 6.07) is 11.1. The van der Waals surface area contributed by atoms with Crippen molar-refractivity contribution in [2.45, 2.75) is 19.2 Å². The summed E-state index contributed by atoms with van der Waals surface area (Å²) in [6.07, 6.45) is -3.48. The molecule has 0 atom stereocenters. The number of halogens is 3. The monoisotopic (exact) mass is 293 g/mol. The quantitative estimate of drug-likeness (QED) is 0.913. The Bertz CT molecular complexity index is 652. The summed E-state index contributed by atoms with van der Waals surface area (Å²) in [6.45, 7) is 0.967. The Morgan fingerprint density at radius 1 is 1.05 bits per heavy atom. The van der Waals surface area contributed by atoms with Crippen molar-refractivity contribution in [1.29, 1.82) is 0 Å². The van der Waals surface area contributed by atoms with Crippen molar-refractivity contribution < 1.29 is 17.9 Å². The molecule has 2 aromatic rings. The van der Waals surface area contributed by atoms with Crippen LogP contribution in [-0.4, -0.2) is 6.54 Å². The minimum atomic E-state index is -4.41. The first-order valence-corrected chi connectivity index (χ1v) is 6.69. The van der Waals surface area contributed by atoms with E-state index in [0.29, 0.717) is 0 Å². The number of para-hydroxylation sites is 2. The van der Waals surface area contributed by atoms with Gasteiger partial charge in [-0.25, -0.2) is 0 Å². The van der Waals surface area contributed by atoms with Gasteiger partial charge >= 0.3 is 6.18 Å². The molecule has 0 saturated heterocycles. The summed E-state index contributed by atoms with van der Waals surface area (Å²) in [4.78, 5) is 0. The molecule has 0 fully saturated rings. The Hall–Kier alpha value is -2.17. The average molecular weight is 293 g/mol. The zero-order valence-corrected chi connectivity index (χ0v) is 11.2. The lowest BCUT2D eigenvalue weighted by atomic mass is 10.1. The van der Waals surface area contributed by atoms with Crippen molar-refractivity contribution >= 4 is 5.69 Å². The minimum Gasteiger partial charge on any atom is -0.488 e. The first-order chi connectivity index (χ1) is 10.1. The first-order valence-electron chi connectivity index (χ1n) is 6.69. The summed E-state index contributed by atoms with van der Waals surface area (Å²) < 4.78 is 44.1. The van der Waals surface area contributed by atoms with Crippen LogP contribution in [-0.2, 0) is 19.2 Å². The number of benzene rings is 2. The molecular weight excluding hydrogens is 279 g/mol. The Labute approximate surface area is 120 Å². The molecule has 0 spiro atoms. The normalized spacial score (nSPS) is 13.7. The molecule has 2 aromatic carbocycles. The van der Waals surface area contributed by atoms with Gasteiger partial charge in [-0.15, -0.1) is 0 Å². The van der Waals surface area contributed by atoms with E-state index >= 15 is 0 Å². The van der Waals surface area contributed by atoms with Gasteiger partial charge in [0.15, 0.2) is 0 Å². The predicted molar refractivity (Wildman–Crippen MR) is 74.4 cm³/mol. The lowest BCUT2D eigenvalue weighted by Gasteiger charge is -2.15. The number of alkyl halides is 3. The summed E-state index contributed by atoms with van der Waals surface area (Å²) in [5, 5.41) is 3.25. The molecule has 0 saturated carbocycles. The number of nitrogens with one attached hydrogen (secondary N) is 1. The van der Waals surface area contributed by atoms with Crippen LogP contribution in [0.2, 0.25) is 0 Å². The molecule has 0 aliphatic carbocycles. The van der Waals surface area contributed by atoms with Gasteiger partial charge < -0.3 is 10.1 Å².